The zero-order valence-electron chi connectivity index (χ0n) is 10.6. The Morgan fingerprint density at radius 2 is 2.05 bits per heavy atom. The van der Waals surface area contributed by atoms with Crippen LogP contribution in [0.2, 0.25) is 5.02 Å². The number of aromatic nitrogens is 2. The minimum absolute atomic E-state index is 0.197. The van der Waals surface area contributed by atoms with E-state index < -0.39 is 0 Å². The van der Waals surface area contributed by atoms with Crippen molar-refractivity contribution in [1.82, 2.24) is 14.7 Å². The molecule has 0 N–H and O–H groups in total. The van der Waals surface area contributed by atoms with E-state index in [0.29, 0.717) is 17.1 Å². The summed E-state index contributed by atoms with van der Waals surface area (Å²) in [5.41, 5.74) is 1.18. The number of carbonyl (C=O) groups excluding carboxylic acids is 1. The SMILES string of the molecule is CN(Cc1c(Cl)cnn1C)C(=O)c1ccc(F)cc1. The maximum absolute atomic E-state index is 12.8. The molecular formula is C13H13ClFN3O. The van der Waals surface area contributed by atoms with E-state index in [1.807, 2.05) is 0 Å². The van der Waals surface area contributed by atoms with Crippen molar-refractivity contribution < 1.29 is 9.18 Å². The van der Waals surface area contributed by atoms with E-state index in [1.54, 1.807) is 18.8 Å². The fraction of sp³-hybridized carbons (Fsp3) is 0.231. The molecule has 0 aliphatic carbocycles. The maximum atomic E-state index is 12.8. The van der Waals surface area contributed by atoms with Gasteiger partial charge in [-0.05, 0) is 24.3 Å². The molecule has 2 rings (SSSR count). The summed E-state index contributed by atoms with van der Waals surface area (Å²) >= 11 is 5.99. The molecule has 0 unspecified atom stereocenters. The van der Waals surface area contributed by atoms with Crippen LogP contribution in [0.5, 0.6) is 0 Å². The van der Waals surface area contributed by atoms with Gasteiger partial charge in [0.25, 0.3) is 5.91 Å². The first-order valence-corrected chi connectivity index (χ1v) is 6.04. The predicted octanol–water partition coefficient (Wildman–Crippen LogP) is 2.48. The molecule has 1 heterocycles. The van der Waals surface area contributed by atoms with Crippen molar-refractivity contribution in [3.05, 3.63) is 52.6 Å². The van der Waals surface area contributed by atoms with Crippen LogP contribution in [0.4, 0.5) is 4.39 Å². The zero-order chi connectivity index (χ0) is 14.0. The molecular weight excluding hydrogens is 269 g/mol. The Labute approximate surface area is 115 Å². The normalized spacial score (nSPS) is 10.5. The molecule has 0 aliphatic heterocycles. The summed E-state index contributed by atoms with van der Waals surface area (Å²) < 4.78 is 14.4. The van der Waals surface area contributed by atoms with Gasteiger partial charge < -0.3 is 4.90 Å². The van der Waals surface area contributed by atoms with Crippen molar-refractivity contribution in [2.75, 3.05) is 7.05 Å². The first-order valence-electron chi connectivity index (χ1n) is 5.66. The van der Waals surface area contributed by atoms with E-state index in [9.17, 15) is 9.18 Å². The number of nitrogens with zero attached hydrogens (tertiary/aromatic N) is 3. The number of hydrogen-bond donors (Lipinski definition) is 0. The maximum Gasteiger partial charge on any atom is 0.253 e. The van der Waals surface area contributed by atoms with Gasteiger partial charge in [0.1, 0.15) is 5.82 Å². The van der Waals surface area contributed by atoms with Crippen LogP contribution >= 0.6 is 11.6 Å². The monoisotopic (exact) mass is 281 g/mol. The lowest BCUT2D eigenvalue weighted by molar-refractivity contribution is 0.0782. The first kappa shape index (κ1) is 13.5. The molecule has 0 saturated carbocycles. The van der Waals surface area contributed by atoms with Crippen LogP contribution in [0.1, 0.15) is 16.1 Å². The summed E-state index contributed by atoms with van der Waals surface area (Å²) in [7, 11) is 3.42. The van der Waals surface area contributed by atoms with Crippen LogP contribution in [0.3, 0.4) is 0 Å². The first-order chi connectivity index (χ1) is 8.99. The lowest BCUT2D eigenvalue weighted by Crippen LogP contribution is -2.27. The summed E-state index contributed by atoms with van der Waals surface area (Å²) in [6, 6.07) is 5.44. The van der Waals surface area contributed by atoms with Crippen molar-refractivity contribution in [3.63, 3.8) is 0 Å². The Morgan fingerprint density at radius 3 is 2.58 bits per heavy atom. The number of halogens is 2. The second-order valence-electron chi connectivity index (χ2n) is 4.23. The molecule has 0 fully saturated rings. The Morgan fingerprint density at radius 1 is 1.42 bits per heavy atom. The van der Waals surface area contributed by atoms with Gasteiger partial charge in [0.05, 0.1) is 23.5 Å². The highest BCUT2D eigenvalue weighted by Crippen LogP contribution is 2.16. The molecule has 6 heteroatoms. The summed E-state index contributed by atoms with van der Waals surface area (Å²) in [5, 5.41) is 4.53. The Kier molecular flexibility index (Phi) is 3.85. The molecule has 1 aromatic carbocycles. The van der Waals surface area contributed by atoms with E-state index in [1.165, 1.54) is 35.4 Å². The van der Waals surface area contributed by atoms with Gasteiger partial charge in [-0.15, -0.1) is 0 Å². The van der Waals surface area contributed by atoms with Crippen LogP contribution in [-0.2, 0) is 13.6 Å². The Balaban J connectivity index is 2.14. The van der Waals surface area contributed by atoms with Crippen molar-refractivity contribution in [3.8, 4) is 0 Å². The van der Waals surface area contributed by atoms with E-state index in [4.69, 9.17) is 11.6 Å². The number of hydrogen-bond acceptors (Lipinski definition) is 2. The largest absolute Gasteiger partial charge is 0.336 e. The number of aryl methyl sites for hydroxylation is 1. The molecule has 0 radical (unpaired) electrons. The summed E-state index contributed by atoms with van der Waals surface area (Å²) in [6.45, 7) is 0.339. The van der Waals surface area contributed by atoms with E-state index in [-0.39, 0.29) is 11.7 Å². The second kappa shape index (κ2) is 5.40. The summed E-state index contributed by atoms with van der Waals surface area (Å²) in [6.07, 6.45) is 1.53. The zero-order valence-corrected chi connectivity index (χ0v) is 11.4. The highest BCUT2D eigenvalue weighted by molar-refractivity contribution is 6.31. The average molecular weight is 282 g/mol. The third kappa shape index (κ3) is 2.93. The van der Waals surface area contributed by atoms with Gasteiger partial charge >= 0.3 is 0 Å². The van der Waals surface area contributed by atoms with Crippen molar-refractivity contribution in [2.24, 2.45) is 7.05 Å². The van der Waals surface area contributed by atoms with E-state index in [2.05, 4.69) is 5.10 Å². The van der Waals surface area contributed by atoms with E-state index >= 15 is 0 Å². The molecule has 1 amide bonds. The van der Waals surface area contributed by atoms with Crippen molar-refractivity contribution in [2.45, 2.75) is 6.54 Å². The van der Waals surface area contributed by atoms with Crippen molar-refractivity contribution >= 4 is 17.5 Å². The number of amides is 1. The highest BCUT2D eigenvalue weighted by Gasteiger charge is 2.15. The molecule has 0 spiro atoms. The Bertz CT molecular complexity index is 575. The number of carbonyl (C=O) groups is 1. The number of rotatable bonds is 3. The molecule has 100 valence electrons. The minimum Gasteiger partial charge on any atom is -0.336 e. The van der Waals surface area contributed by atoms with Crippen molar-refractivity contribution in [1.29, 1.82) is 0 Å². The van der Waals surface area contributed by atoms with Gasteiger partial charge in [-0.1, -0.05) is 11.6 Å². The molecule has 0 saturated heterocycles. The van der Waals surface area contributed by atoms with Crippen LogP contribution in [0.15, 0.2) is 30.5 Å². The minimum atomic E-state index is -0.367. The number of benzene rings is 1. The summed E-state index contributed by atoms with van der Waals surface area (Å²) in [4.78, 5) is 13.6. The van der Waals surface area contributed by atoms with Gasteiger partial charge in [-0.2, -0.15) is 5.10 Å². The predicted molar refractivity (Wildman–Crippen MR) is 70.4 cm³/mol. The smallest absolute Gasteiger partial charge is 0.253 e. The van der Waals surface area contributed by atoms with Crippen LogP contribution in [0, 0.1) is 5.82 Å². The molecule has 0 atom stereocenters. The Hall–Kier alpha value is -1.88. The molecule has 1 aromatic heterocycles. The second-order valence-corrected chi connectivity index (χ2v) is 4.64. The standard InChI is InChI=1S/C13H13ClFN3O/c1-17(8-12-11(14)7-16-18(12)2)13(19)9-3-5-10(15)6-4-9/h3-7H,8H2,1-2H3. The third-order valence-electron chi connectivity index (χ3n) is 2.84. The topological polar surface area (TPSA) is 38.1 Å². The third-order valence-corrected chi connectivity index (χ3v) is 3.15. The van der Waals surface area contributed by atoms with Gasteiger partial charge in [0.2, 0.25) is 0 Å². The quantitative estimate of drug-likeness (QED) is 0.867. The van der Waals surface area contributed by atoms with Gasteiger partial charge in [-0.25, -0.2) is 4.39 Å². The lowest BCUT2D eigenvalue weighted by atomic mass is 10.2. The van der Waals surface area contributed by atoms with Crippen LogP contribution in [-0.4, -0.2) is 27.6 Å². The van der Waals surface area contributed by atoms with Gasteiger partial charge in [-0.3, -0.25) is 9.48 Å². The average Bonchev–Trinajstić information content (AvgIpc) is 2.70. The van der Waals surface area contributed by atoms with Gasteiger partial charge in [0.15, 0.2) is 0 Å². The summed E-state index contributed by atoms with van der Waals surface area (Å²) in [5.74, 6) is -0.564. The van der Waals surface area contributed by atoms with Crippen LogP contribution < -0.4 is 0 Å². The molecule has 4 nitrogen and oxygen atoms in total. The highest BCUT2D eigenvalue weighted by atomic mass is 35.5. The molecule has 19 heavy (non-hydrogen) atoms. The fourth-order valence-corrected chi connectivity index (χ4v) is 1.95. The van der Waals surface area contributed by atoms with Gasteiger partial charge in [0, 0.05) is 19.7 Å². The lowest BCUT2D eigenvalue weighted by Gasteiger charge is -2.17. The van der Waals surface area contributed by atoms with E-state index in [0.717, 1.165) is 5.69 Å². The molecule has 0 aliphatic rings. The molecule has 2 aromatic rings. The molecule has 0 bridgehead atoms. The fourth-order valence-electron chi connectivity index (χ4n) is 1.72. The van der Waals surface area contributed by atoms with Crippen LogP contribution in [0.25, 0.3) is 0 Å².